The fourth-order valence-corrected chi connectivity index (χ4v) is 6.04. The average Bonchev–Trinajstić information content (AvgIpc) is 3.61. The maximum Gasteiger partial charge on any atom is 0.255 e. The summed E-state index contributed by atoms with van der Waals surface area (Å²) in [5.41, 5.74) is 3.00. The number of piperidine rings is 1. The van der Waals surface area contributed by atoms with E-state index in [1.165, 1.54) is 5.56 Å². The van der Waals surface area contributed by atoms with E-state index in [0.29, 0.717) is 5.91 Å². The molecule has 0 radical (unpaired) electrons. The molecule has 2 aromatic rings. The normalized spacial score (nSPS) is 21.4. The second kappa shape index (κ2) is 10.1. The topological polar surface area (TPSA) is 56.3 Å². The number of amides is 2. The van der Waals surface area contributed by atoms with Crippen LogP contribution < -0.4 is 9.64 Å². The summed E-state index contributed by atoms with van der Waals surface area (Å²) in [4.78, 5) is 35.0. The largest absolute Gasteiger partial charge is 0.496 e. The highest BCUT2D eigenvalue weighted by atomic mass is 16.5. The number of benzene rings is 2. The lowest BCUT2D eigenvalue weighted by Gasteiger charge is -2.37. The van der Waals surface area contributed by atoms with Crippen LogP contribution in [0.5, 0.6) is 5.75 Å². The van der Waals surface area contributed by atoms with Crippen LogP contribution in [0.15, 0.2) is 48.5 Å². The zero-order valence-electron chi connectivity index (χ0n) is 21.8. The molecule has 2 saturated heterocycles. The zero-order chi connectivity index (χ0) is 25.3. The van der Waals surface area contributed by atoms with E-state index in [0.717, 1.165) is 82.1 Å². The van der Waals surface area contributed by atoms with Crippen molar-refractivity contribution in [2.24, 2.45) is 11.3 Å². The summed E-state index contributed by atoms with van der Waals surface area (Å²) >= 11 is 0. The van der Waals surface area contributed by atoms with E-state index in [2.05, 4.69) is 15.9 Å². The Labute approximate surface area is 214 Å². The number of hydrogen-bond acceptors (Lipinski definition) is 5. The van der Waals surface area contributed by atoms with E-state index in [9.17, 15) is 9.59 Å². The van der Waals surface area contributed by atoms with Crippen LogP contribution in [0.2, 0.25) is 0 Å². The van der Waals surface area contributed by atoms with E-state index in [1.54, 1.807) is 7.11 Å². The van der Waals surface area contributed by atoms with Crippen LogP contribution >= 0.6 is 0 Å². The lowest BCUT2D eigenvalue weighted by atomic mass is 9.90. The molecule has 3 aliphatic rings. The molecule has 36 heavy (non-hydrogen) atoms. The molecule has 7 nitrogen and oxygen atoms in total. The van der Waals surface area contributed by atoms with Crippen molar-refractivity contribution in [2.75, 3.05) is 65.4 Å². The van der Waals surface area contributed by atoms with Crippen molar-refractivity contribution in [1.82, 2.24) is 14.7 Å². The number of nitrogens with zero attached hydrogens (tertiary/aromatic N) is 4. The third-order valence-electron chi connectivity index (χ3n) is 8.42. The SMILES string of the molecule is COc1ccccc1CN1CCN(C(=O)[C@@H]2CC23CCN(C(=O)c2ccccc2N(C)C)CC3)CC1. The first-order valence-corrected chi connectivity index (χ1v) is 13.1. The minimum Gasteiger partial charge on any atom is -0.496 e. The third-order valence-corrected chi connectivity index (χ3v) is 8.42. The molecule has 2 amide bonds. The van der Waals surface area contributed by atoms with Crippen molar-refractivity contribution in [2.45, 2.75) is 25.8 Å². The molecule has 3 fully saturated rings. The quantitative estimate of drug-likeness (QED) is 0.622. The number of para-hydroxylation sites is 2. The molecule has 0 aromatic heterocycles. The molecule has 5 rings (SSSR count). The zero-order valence-corrected chi connectivity index (χ0v) is 21.8. The van der Waals surface area contributed by atoms with Gasteiger partial charge in [-0.2, -0.15) is 0 Å². The Morgan fingerprint density at radius 3 is 2.28 bits per heavy atom. The lowest BCUT2D eigenvalue weighted by Crippen LogP contribution is -2.49. The Morgan fingerprint density at radius 2 is 1.58 bits per heavy atom. The Bertz CT molecular complexity index is 1100. The molecule has 1 aliphatic carbocycles. The minimum atomic E-state index is 0.101. The van der Waals surface area contributed by atoms with Gasteiger partial charge in [0.05, 0.1) is 12.7 Å². The van der Waals surface area contributed by atoms with E-state index in [-0.39, 0.29) is 17.2 Å². The number of piperazine rings is 1. The highest BCUT2D eigenvalue weighted by Gasteiger charge is 2.59. The van der Waals surface area contributed by atoms with Gasteiger partial charge in [0.15, 0.2) is 0 Å². The van der Waals surface area contributed by atoms with Crippen molar-refractivity contribution >= 4 is 17.5 Å². The number of hydrogen-bond donors (Lipinski definition) is 0. The lowest BCUT2D eigenvalue weighted by molar-refractivity contribution is -0.135. The van der Waals surface area contributed by atoms with Gasteiger partial charge in [-0.25, -0.2) is 0 Å². The number of likely N-dealkylation sites (tertiary alicyclic amines) is 1. The summed E-state index contributed by atoms with van der Waals surface area (Å²) in [5, 5.41) is 0. The Morgan fingerprint density at radius 1 is 0.917 bits per heavy atom. The van der Waals surface area contributed by atoms with Crippen LogP contribution in [0, 0.1) is 11.3 Å². The van der Waals surface area contributed by atoms with Crippen molar-refractivity contribution in [1.29, 1.82) is 0 Å². The van der Waals surface area contributed by atoms with Gasteiger partial charge in [-0.15, -0.1) is 0 Å². The van der Waals surface area contributed by atoms with Gasteiger partial charge in [-0.1, -0.05) is 30.3 Å². The predicted octanol–water partition coefficient (Wildman–Crippen LogP) is 3.35. The molecule has 0 N–H and O–H groups in total. The molecule has 7 heteroatoms. The van der Waals surface area contributed by atoms with Gasteiger partial charge in [0, 0.05) is 77.1 Å². The molecule has 2 heterocycles. The van der Waals surface area contributed by atoms with Crippen molar-refractivity contribution in [3.05, 3.63) is 59.7 Å². The fourth-order valence-electron chi connectivity index (χ4n) is 6.04. The summed E-state index contributed by atoms with van der Waals surface area (Å²) < 4.78 is 5.50. The molecule has 1 atom stereocenters. The maximum absolute atomic E-state index is 13.4. The van der Waals surface area contributed by atoms with Crippen LogP contribution in [0.1, 0.15) is 35.2 Å². The first-order valence-electron chi connectivity index (χ1n) is 13.1. The molecule has 2 aliphatic heterocycles. The smallest absolute Gasteiger partial charge is 0.255 e. The van der Waals surface area contributed by atoms with Crippen LogP contribution in [0.4, 0.5) is 5.69 Å². The van der Waals surface area contributed by atoms with E-state index in [1.807, 2.05) is 66.4 Å². The number of anilines is 1. The molecule has 0 unspecified atom stereocenters. The first kappa shape index (κ1) is 24.6. The summed E-state index contributed by atoms with van der Waals surface area (Å²) in [6, 6.07) is 16.0. The molecular formula is C29H38N4O3. The highest BCUT2D eigenvalue weighted by Crippen LogP contribution is 2.60. The number of carbonyl (C=O) groups excluding carboxylic acids is 2. The van der Waals surface area contributed by atoms with Gasteiger partial charge in [0.2, 0.25) is 5.91 Å². The average molecular weight is 491 g/mol. The van der Waals surface area contributed by atoms with Gasteiger partial charge < -0.3 is 19.4 Å². The third kappa shape index (κ3) is 4.81. The Balaban J connectivity index is 1.12. The van der Waals surface area contributed by atoms with Gasteiger partial charge in [0.25, 0.3) is 5.91 Å². The van der Waals surface area contributed by atoms with Crippen molar-refractivity contribution < 1.29 is 14.3 Å². The second-order valence-corrected chi connectivity index (χ2v) is 10.7. The van der Waals surface area contributed by atoms with Crippen molar-refractivity contribution in [3.8, 4) is 5.75 Å². The van der Waals surface area contributed by atoms with E-state index in [4.69, 9.17) is 4.74 Å². The molecule has 1 saturated carbocycles. The Hall–Kier alpha value is -3.06. The number of carbonyl (C=O) groups is 2. The monoisotopic (exact) mass is 490 g/mol. The standard InChI is InChI=1S/C29H38N4O3/c1-30(2)25-10-6-5-9-23(25)27(34)32-14-12-29(13-15-32)20-24(29)28(35)33-18-16-31(17-19-33)21-22-8-4-7-11-26(22)36-3/h4-11,24H,12-21H2,1-3H3/t24-/m0/s1. The number of methoxy groups -OCH3 is 1. The van der Waals surface area contributed by atoms with Gasteiger partial charge >= 0.3 is 0 Å². The van der Waals surface area contributed by atoms with Crippen LogP contribution in [0.3, 0.4) is 0 Å². The van der Waals surface area contributed by atoms with E-state index >= 15 is 0 Å². The van der Waals surface area contributed by atoms with Crippen molar-refractivity contribution in [3.63, 3.8) is 0 Å². The summed E-state index contributed by atoms with van der Waals surface area (Å²) in [5.74, 6) is 1.48. The fraction of sp³-hybridized carbons (Fsp3) is 0.517. The molecule has 2 aromatic carbocycles. The van der Waals surface area contributed by atoms with Crippen LogP contribution in [-0.2, 0) is 11.3 Å². The first-order chi connectivity index (χ1) is 17.4. The summed E-state index contributed by atoms with van der Waals surface area (Å²) in [6.45, 7) is 5.65. The second-order valence-electron chi connectivity index (χ2n) is 10.7. The van der Waals surface area contributed by atoms with Gasteiger partial charge in [-0.3, -0.25) is 14.5 Å². The molecule has 192 valence electrons. The molecular weight excluding hydrogens is 452 g/mol. The summed E-state index contributed by atoms with van der Waals surface area (Å²) in [7, 11) is 5.65. The Kier molecular flexibility index (Phi) is 6.93. The number of ether oxygens (including phenoxy) is 1. The van der Waals surface area contributed by atoms with Crippen LogP contribution in [-0.4, -0.2) is 87.0 Å². The maximum atomic E-state index is 13.4. The highest BCUT2D eigenvalue weighted by molar-refractivity contribution is 5.99. The van der Waals surface area contributed by atoms with E-state index < -0.39 is 0 Å². The number of rotatable bonds is 6. The van der Waals surface area contributed by atoms with Crippen LogP contribution in [0.25, 0.3) is 0 Å². The molecule has 0 bridgehead atoms. The molecule has 1 spiro atoms. The van der Waals surface area contributed by atoms with Gasteiger partial charge in [0.1, 0.15) is 5.75 Å². The minimum absolute atomic E-state index is 0.101. The predicted molar refractivity (Wildman–Crippen MR) is 141 cm³/mol. The van der Waals surface area contributed by atoms with Gasteiger partial charge in [-0.05, 0) is 42.9 Å². The summed E-state index contributed by atoms with van der Waals surface area (Å²) in [6.07, 6.45) is 2.82.